The highest BCUT2D eigenvalue weighted by atomic mass is 16.5. The van der Waals surface area contributed by atoms with Crippen LogP contribution in [0, 0.1) is 5.92 Å². The van der Waals surface area contributed by atoms with Crippen molar-refractivity contribution in [2.75, 3.05) is 0 Å². The van der Waals surface area contributed by atoms with E-state index >= 15 is 0 Å². The number of nitrogens with one attached hydrogen (secondary N) is 1. The van der Waals surface area contributed by atoms with Gasteiger partial charge in [0.25, 0.3) is 0 Å². The van der Waals surface area contributed by atoms with Crippen LogP contribution in [0.1, 0.15) is 110 Å². The van der Waals surface area contributed by atoms with Crippen LogP contribution in [0.3, 0.4) is 0 Å². The van der Waals surface area contributed by atoms with Crippen LogP contribution < -0.4 is 10.1 Å². The van der Waals surface area contributed by atoms with Crippen LogP contribution in [0.2, 0.25) is 0 Å². The Morgan fingerprint density at radius 1 is 1.23 bits per heavy atom. The summed E-state index contributed by atoms with van der Waals surface area (Å²) in [5.41, 5.74) is 1.81. The Labute approximate surface area is 182 Å². The van der Waals surface area contributed by atoms with E-state index in [-0.39, 0.29) is 28.9 Å². The maximum atomic E-state index is 11.6. The van der Waals surface area contributed by atoms with Gasteiger partial charge >= 0.3 is 0 Å². The van der Waals surface area contributed by atoms with Gasteiger partial charge in [-0.1, -0.05) is 46.5 Å². The van der Waals surface area contributed by atoms with Crippen molar-refractivity contribution in [3.63, 3.8) is 0 Å². The fourth-order valence-corrected chi connectivity index (χ4v) is 5.70. The number of amides is 1. The number of phenols is 1. The monoisotopic (exact) mass is 415 g/mol. The SMILES string of the molecule is CCCCCCC(C)(C)c1cc(O)c2c(c1)OC(C)(C)C1CC[C@H](NC(C)=O)CC21. The first-order valence-electron chi connectivity index (χ1n) is 11.9. The second-order valence-corrected chi connectivity index (χ2v) is 10.7. The van der Waals surface area contributed by atoms with Crippen molar-refractivity contribution in [1.82, 2.24) is 5.32 Å². The van der Waals surface area contributed by atoms with E-state index in [1.807, 2.05) is 6.07 Å². The lowest BCUT2D eigenvalue weighted by Crippen LogP contribution is -2.50. The fourth-order valence-electron chi connectivity index (χ4n) is 5.70. The van der Waals surface area contributed by atoms with E-state index in [2.05, 4.69) is 46.0 Å². The van der Waals surface area contributed by atoms with Gasteiger partial charge < -0.3 is 15.2 Å². The summed E-state index contributed by atoms with van der Waals surface area (Å²) in [6.45, 7) is 12.7. The Balaban J connectivity index is 1.90. The second kappa shape index (κ2) is 8.80. The maximum Gasteiger partial charge on any atom is 0.217 e. The molecule has 1 saturated carbocycles. The molecule has 2 aliphatic rings. The number of fused-ring (bicyclic) bond motifs is 3. The van der Waals surface area contributed by atoms with E-state index in [1.165, 1.54) is 25.7 Å². The van der Waals surface area contributed by atoms with E-state index in [1.54, 1.807) is 6.92 Å². The minimum Gasteiger partial charge on any atom is -0.508 e. The summed E-state index contributed by atoms with van der Waals surface area (Å²) >= 11 is 0. The summed E-state index contributed by atoms with van der Waals surface area (Å²) in [6, 6.07) is 4.31. The molecule has 0 saturated heterocycles. The van der Waals surface area contributed by atoms with E-state index < -0.39 is 0 Å². The Bertz CT molecular complexity index is 768. The number of unbranched alkanes of at least 4 members (excludes halogenated alkanes) is 3. The number of rotatable bonds is 7. The van der Waals surface area contributed by atoms with Crippen LogP contribution in [0.5, 0.6) is 11.5 Å². The zero-order valence-corrected chi connectivity index (χ0v) is 19.8. The molecule has 0 radical (unpaired) electrons. The lowest BCUT2D eigenvalue weighted by molar-refractivity contribution is -0.120. The predicted molar refractivity (Wildman–Crippen MR) is 122 cm³/mol. The molecule has 1 aromatic carbocycles. The number of phenolic OH excluding ortho intramolecular Hbond substituents is 1. The molecule has 1 aromatic rings. The van der Waals surface area contributed by atoms with Gasteiger partial charge in [-0.05, 0) is 68.6 Å². The van der Waals surface area contributed by atoms with Crippen molar-refractivity contribution in [2.45, 2.75) is 116 Å². The van der Waals surface area contributed by atoms with Gasteiger partial charge in [0.05, 0.1) is 0 Å². The Kier molecular flexibility index (Phi) is 6.74. The highest BCUT2D eigenvalue weighted by molar-refractivity contribution is 5.73. The summed E-state index contributed by atoms with van der Waals surface area (Å²) in [6.07, 6.45) is 8.90. The lowest BCUT2D eigenvalue weighted by Gasteiger charge is -2.49. The zero-order chi connectivity index (χ0) is 22.1. The van der Waals surface area contributed by atoms with E-state index in [4.69, 9.17) is 4.74 Å². The molecule has 3 atom stereocenters. The highest BCUT2D eigenvalue weighted by Crippen LogP contribution is 2.55. The number of benzene rings is 1. The molecule has 2 unspecified atom stereocenters. The normalized spacial score (nSPS) is 25.1. The molecule has 1 amide bonds. The van der Waals surface area contributed by atoms with Crippen LogP contribution in [0.4, 0.5) is 0 Å². The molecule has 3 rings (SSSR count). The van der Waals surface area contributed by atoms with E-state index in [9.17, 15) is 9.90 Å². The van der Waals surface area contributed by atoms with Crippen molar-refractivity contribution in [1.29, 1.82) is 0 Å². The van der Waals surface area contributed by atoms with Gasteiger partial charge in [0, 0.05) is 24.4 Å². The number of hydrogen-bond donors (Lipinski definition) is 2. The predicted octanol–water partition coefficient (Wildman–Crippen LogP) is 6.20. The molecule has 0 bridgehead atoms. The summed E-state index contributed by atoms with van der Waals surface area (Å²) in [5, 5.41) is 14.2. The number of hydrogen-bond acceptors (Lipinski definition) is 3. The van der Waals surface area contributed by atoms with Crippen LogP contribution in [0.25, 0.3) is 0 Å². The molecule has 1 aliphatic heterocycles. The zero-order valence-electron chi connectivity index (χ0n) is 19.8. The first-order valence-corrected chi connectivity index (χ1v) is 11.9. The first kappa shape index (κ1) is 23.0. The Hall–Kier alpha value is -1.71. The molecular weight excluding hydrogens is 374 g/mol. The molecule has 168 valence electrons. The Morgan fingerprint density at radius 3 is 2.63 bits per heavy atom. The number of carbonyl (C=O) groups is 1. The number of ether oxygens (including phenoxy) is 1. The standard InChI is InChI=1S/C26H41NO3/c1-7-8-9-10-13-25(3,4)18-14-22(29)24-20-16-19(27-17(2)28)11-12-21(20)26(5,6)30-23(24)15-18/h14-15,19-21,29H,7-13,16H2,1-6H3,(H,27,28)/t19-,20?,21?/m0/s1. The topological polar surface area (TPSA) is 58.6 Å². The average Bonchev–Trinajstić information content (AvgIpc) is 2.63. The van der Waals surface area contributed by atoms with Crippen molar-refractivity contribution in [3.8, 4) is 11.5 Å². The molecular formula is C26H41NO3. The molecule has 4 heteroatoms. The van der Waals surface area contributed by atoms with Gasteiger partial charge in [0.15, 0.2) is 0 Å². The first-order chi connectivity index (χ1) is 14.0. The maximum absolute atomic E-state index is 11.6. The Morgan fingerprint density at radius 2 is 1.97 bits per heavy atom. The third kappa shape index (κ3) is 4.78. The molecule has 4 nitrogen and oxygen atoms in total. The van der Waals surface area contributed by atoms with Crippen LogP contribution in [0.15, 0.2) is 12.1 Å². The summed E-state index contributed by atoms with van der Waals surface area (Å²) < 4.78 is 6.52. The summed E-state index contributed by atoms with van der Waals surface area (Å²) in [7, 11) is 0. The quantitative estimate of drug-likeness (QED) is 0.521. The second-order valence-electron chi connectivity index (χ2n) is 10.7. The van der Waals surface area contributed by atoms with Gasteiger partial charge in [-0.25, -0.2) is 0 Å². The molecule has 30 heavy (non-hydrogen) atoms. The molecule has 0 aromatic heterocycles. The van der Waals surface area contributed by atoms with Crippen molar-refractivity contribution < 1.29 is 14.6 Å². The number of carbonyl (C=O) groups excluding carboxylic acids is 1. The average molecular weight is 416 g/mol. The van der Waals surface area contributed by atoms with Crippen LogP contribution in [-0.4, -0.2) is 22.7 Å². The lowest BCUT2D eigenvalue weighted by atomic mass is 9.65. The smallest absolute Gasteiger partial charge is 0.217 e. The summed E-state index contributed by atoms with van der Waals surface area (Å²) in [4.78, 5) is 11.6. The molecule has 0 spiro atoms. The van der Waals surface area contributed by atoms with Gasteiger partial charge in [-0.3, -0.25) is 4.79 Å². The van der Waals surface area contributed by atoms with Gasteiger partial charge in [0.2, 0.25) is 5.91 Å². The van der Waals surface area contributed by atoms with Crippen molar-refractivity contribution in [2.24, 2.45) is 5.92 Å². The van der Waals surface area contributed by atoms with Crippen molar-refractivity contribution >= 4 is 5.91 Å². The molecule has 1 aliphatic carbocycles. The number of aromatic hydroxyl groups is 1. The highest BCUT2D eigenvalue weighted by Gasteiger charge is 2.48. The minimum atomic E-state index is -0.283. The van der Waals surface area contributed by atoms with E-state index in [0.29, 0.717) is 11.7 Å². The van der Waals surface area contributed by atoms with Crippen LogP contribution >= 0.6 is 0 Å². The van der Waals surface area contributed by atoms with E-state index in [0.717, 1.165) is 42.6 Å². The largest absolute Gasteiger partial charge is 0.508 e. The molecule has 2 N–H and O–H groups in total. The van der Waals surface area contributed by atoms with Crippen molar-refractivity contribution in [3.05, 3.63) is 23.3 Å². The summed E-state index contributed by atoms with van der Waals surface area (Å²) in [5.74, 6) is 1.76. The van der Waals surface area contributed by atoms with Gasteiger partial charge in [0.1, 0.15) is 17.1 Å². The third-order valence-corrected chi connectivity index (χ3v) is 7.45. The fraction of sp³-hybridized carbons (Fsp3) is 0.731. The molecule has 1 heterocycles. The van der Waals surface area contributed by atoms with Gasteiger partial charge in [-0.15, -0.1) is 0 Å². The van der Waals surface area contributed by atoms with Gasteiger partial charge in [-0.2, -0.15) is 0 Å². The molecule has 1 fully saturated rings. The third-order valence-electron chi connectivity index (χ3n) is 7.45. The van der Waals surface area contributed by atoms with Crippen LogP contribution in [-0.2, 0) is 10.2 Å². The minimum absolute atomic E-state index is 0.00408.